The summed E-state index contributed by atoms with van der Waals surface area (Å²) in [6.45, 7) is 0.962. The number of aliphatic hydroxyl groups is 2. The van der Waals surface area contributed by atoms with E-state index in [1.54, 1.807) is 0 Å². The smallest absolute Gasteiger partial charge is 0.0585 e. The zero-order valence-corrected chi connectivity index (χ0v) is 5.38. The van der Waals surface area contributed by atoms with Crippen molar-refractivity contribution in [1.29, 1.82) is 0 Å². The van der Waals surface area contributed by atoms with Crippen LogP contribution < -0.4 is 5.32 Å². The summed E-state index contributed by atoms with van der Waals surface area (Å²) < 4.78 is 0. The Morgan fingerprint density at radius 3 is 2.78 bits per heavy atom. The van der Waals surface area contributed by atoms with Crippen molar-refractivity contribution < 1.29 is 10.2 Å². The van der Waals surface area contributed by atoms with E-state index in [-0.39, 0.29) is 18.8 Å². The highest BCUT2D eigenvalue weighted by atomic mass is 16.3. The maximum absolute atomic E-state index is 9.06. The number of hydrogen-bond acceptors (Lipinski definition) is 3. The molecule has 1 rings (SSSR count). The predicted molar refractivity (Wildman–Crippen MR) is 34.1 cm³/mol. The maximum atomic E-state index is 9.06. The summed E-state index contributed by atoms with van der Waals surface area (Å²) in [5.41, 5.74) is 0. The Bertz CT molecular complexity index is 87.1. The third-order valence-electron chi connectivity index (χ3n) is 1.69. The summed E-state index contributed by atoms with van der Waals surface area (Å²) in [4.78, 5) is 0. The van der Waals surface area contributed by atoms with Gasteiger partial charge in [-0.05, 0) is 19.4 Å². The highest BCUT2D eigenvalue weighted by Gasteiger charge is 2.17. The number of piperidine rings is 1. The molecular weight excluding hydrogens is 118 g/mol. The lowest BCUT2D eigenvalue weighted by Crippen LogP contribution is -2.42. The zero-order chi connectivity index (χ0) is 6.69. The van der Waals surface area contributed by atoms with Crippen molar-refractivity contribution in [2.45, 2.75) is 25.0 Å². The Balaban J connectivity index is 2.23. The lowest BCUT2D eigenvalue weighted by molar-refractivity contribution is 0.0956. The quantitative estimate of drug-likeness (QED) is 0.432. The first-order valence-electron chi connectivity index (χ1n) is 3.35. The van der Waals surface area contributed by atoms with Crippen LogP contribution in [0.15, 0.2) is 0 Å². The summed E-state index contributed by atoms with van der Waals surface area (Å²) in [5, 5.41) is 20.8. The number of hydrogen-bond donors (Lipinski definition) is 3. The van der Waals surface area contributed by atoms with E-state index < -0.39 is 0 Å². The molecule has 54 valence electrons. The highest BCUT2D eigenvalue weighted by Crippen LogP contribution is 2.06. The summed E-state index contributed by atoms with van der Waals surface area (Å²) in [6.07, 6.45) is 1.30. The third kappa shape index (κ3) is 1.93. The molecule has 3 nitrogen and oxygen atoms in total. The van der Waals surface area contributed by atoms with Crippen molar-refractivity contribution in [3.05, 3.63) is 0 Å². The molecule has 1 saturated heterocycles. The fourth-order valence-electron chi connectivity index (χ4n) is 1.12. The first-order valence-corrected chi connectivity index (χ1v) is 3.35. The van der Waals surface area contributed by atoms with E-state index in [0.717, 1.165) is 13.0 Å². The van der Waals surface area contributed by atoms with E-state index >= 15 is 0 Å². The molecule has 1 aliphatic heterocycles. The van der Waals surface area contributed by atoms with Crippen molar-refractivity contribution >= 4 is 0 Å². The van der Waals surface area contributed by atoms with Gasteiger partial charge in [-0.1, -0.05) is 0 Å². The number of rotatable bonds is 1. The molecule has 0 aromatic rings. The van der Waals surface area contributed by atoms with Crippen molar-refractivity contribution in [3.63, 3.8) is 0 Å². The molecule has 3 heteroatoms. The van der Waals surface area contributed by atoms with Crippen LogP contribution in [0.3, 0.4) is 0 Å². The van der Waals surface area contributed by atoms with Gasteiger partial charge in [-0.25, -0.2) is 0 Å². The molecule has 0 bridgehead atoms. The maximum Gasteiger partial charge on any atom is 0.0585 e. The zero-order valence-electron chi connectivity index (χ0n) is 5.38. The van der Waals surface area contributed by atoms with Gasteiger partial charge in [0.25, 0.3) is 0 Å². The minimum atomic E-state index is -0.205. The Labute approximate surface area is 54.7 Å². The molecule has 1 heterocycles. The fourth-order valence-corrected chi connectivity index (χ4v) is 1.12. The fraction of sp³-hybridized carbons (Fsp3) is 1.00. The van der Waals surface area contributed by atoms with Gasteiger partial charge in [0.2, 0.25) is 0 Å². The van der Waals surface area contributed by atoms with Gasteiger partial charge in [-0.2, -0.15) is 0 Å². The predicted octanol–water partition coefficient (Wildman–Crippen LogP) is -0.908. The molecule has 9 heavy (non-hydrogen) atoms. The largest absolute Gasteiger partial charge is 0.395 e. The summed E-state index contributed by atoms with van der Waals surface area (Å²) >= 11 is 0. The first kappa shape index (κ1) is 6.99. The average Bonchev–Trinajstić information content (AvgIpc) is 1.88. The van der Waals surface area contributed by atoms with Gasteiger partial charge in [0.1, 0.15) is 0 Å². The van der Waals surface area contributed by atoms with Crippen LogP contribution in [0.2, 0.25) is 0 Å². The lowest BCUT2D eigenvalue weighted by atomic mass is 10.0. The van der Waals surface area contributed by atoms with Crippen molar-refractivity contribution in [1.82, 2.24) is 5.32 Å². The summed E-state index contributed by atoms with van der Waals surface area (Å²) in [6, 6.07) is 0.119. The Kier molecular flexibility index (Phi) is 2.45. The average molecular weight is 131 g/mol. The van der Waals surface area contributed by atoms with Crippen LogP contribution in [0, 0.1) is 0 Å². The van der Waals surface area contributed by atoms with Gasteiger partial charge >= 0.3 is 0 Å². The Morgan fingerprint density at radius 1 is 1.56 bits per heavy atom. The van der Waals surface area contributed by atoms with E-state index in [4.69, 9.17) is 10.2 Å². The van der Waals surface area contributed by atoms with Crippen LogP contribution in [-0.4, -0.2) is 35.5 Å². The van der Waals surface area contributed by atoms with Gasteiger partial charge in [0, 0.05) is 6.04 Å². The second-order valence-electron chi connectivity index (χ2n) is 2.51. The molecule has 0 radical (unpaired) electrons. The molecule has 0 saturated carbocycles. The van der Waals surface area contributed by atoms with E-state index in [9.17, 15) is 0 Å². The molecule has 3 N–H and O–H groups in total. The van der Waals surface area contributed by atoms with Crippen molar-refractivity contribution in [2.75, 3.05) is 13.2 Å². The topological polar surface area (TPSA) is 52.5 Å². The van der Waals surface area contributed by atoms with Gasteiger partial charge < -0.3 is 15.5 Å². The lowest BCUT2D eigenvalue weighted by Gasteiger charge is -2.25. The Hall–Kier alpha value is -0.120. The van der Waals surface area contributed by atoms with Crippen LogP contribution in [-0.2, 0) is 0 Å². The van der Waals surface area contributed by atoms with Gasteiger partial charge in [-0.3, -0.25) is 0 Å². The van der Waals surface area contributed by atoms with Crippen LogP contribution >= 0.6 is 0 Å². The second kappa shape index (κ2) is 3.15. The molecule has 0 aromatic heterocycles. The van der Waals surface area contributed by atoms with E-state index in [1.165, 1.54) is 0 Å². The standard InChI is InChI=1S/C6H13NO2/c8-4-5-3-6(9)1-2-7-5/h5-9H,1-4H2/t5-,6?/m0/s1. The molecule has 1 fully saturated rings. The molecule has 2 atom stereocenters. The molecule has 0 spiro atoms. The van der Waals surface area contributed by atoms with E-state index in [2.05, 4.69) is 5.32 Å². The summed E-state index contributed by atoms with van der Waals surface area (Å²) in [5.74, 6) is 0. The molecule has 0 amide bonds. The second-order valence-corrected chi connectivity index (χ2v) is 2.51. The molecule has 1 unspecified atom stereocenters. The van der Waals surface area contributed by atoms with Crippen molar-refractivity contribution in [2.24, 2.45) is 0 Å². The van der Waals surface area contributed by atoms with Gasteiger partial charge in [0.15, 0.2) is 0 Å². The molecule has 0 aromatic carbocycles. The van der Waals surface area contributed by atoms with Crippen LogP contribution in [0.5, 0.6) is 0 Å². The SMILES string of the molecule is OC[C@@H]1CC(O)CCN1. The Morgan fingerprint density at radius 2 is 2.33 bits per heavy atom. The summed E-state index contributed by atoms with van der Waals surface area (Å²) in [7, 11) is 0. The van der Waals surface area contributed by atoms with E-state index in [0.29, 0.717) is 6.42 Å². The van der Waals surface area contributed by atoms with Crippen molar-refractivity contribution in [3.8, 4) is 0 Å². The van der Waals surface area contributed by atoms with E-state index in [1.807, 2.05) is 0 Å². The van der Waals surface area contributed by atoms with Crippen LogP contribution in [0.25, 0.3) is 0 Å². The van der Waals surface area contributed by atoms with Crippen LogP contribution in [0.1, 0.15) is 12.8 Å². The number of nitrogens with one attached hydrogen (secondary N) is 1. The van der Waals surface area contributed by atoms with Gasteiger partial charge in [0.05, 0.1) is 12.7 Å². The molecule has 1 aliphatic rings. The normalized spacial score (nSPS) is 36.7. The monoisotopic (exact) mass is 131 g/mol. The third-order valence-corrected chi connectivity index (χ3v) is 1.69. The first-order chi connectivity index (χ1) is 4.33. The van der Waals surface area contributed by atoms with Crippen LogP contribution in [0.4, 0.5) is 0 Å². The molecular formula is C6H13NO2. The minimum absolute atomic E-state index is 0.119. The minimum Gasteiger partial charge on any atom is -0.395 e. The number of aliphatic hydroxyl groups excluding tert-OH is 2. The van der Waals surface area contributed by atoms with Gasteiger partial charge in [-0.15, -0.1) is 0 Å². The molecule has 0 aliphatic carbocycles. The highest BCUT2D eigenvalue weighted by molar-refractivity contribution is 4.76.